The van der Waals surface area contributed by atoms with Crippen molar-refractivity contribution in [3.8, 4) is 5.75 Å². The highest BCUT2D eigenvalue weighted by Gasteiger charge is 2.15. The van der Waals surface area contributed by atoms with Crippen LogP contribution in [0.25, 0.3) is 0 Å². The van der Waals surface area contributed by atoms with Crippen molar-refractivity contribution in [2.24, 2.45) is 5.73 Å². The van der Waals surface area contributed by atoms with Gasteiger partial charge >= 0.3 is 0 Å². The minimum atomic E-state index is -0.366. The van der Waals surface area contributed by atoms with Crippen molar-refractivity contribution in [1.29, 1.82) is 0 Å². The molecule has 110 valence electrons. The number of hydrogen-bond donors (Lipinski definition) is 1. The summed E-state index contributed by atoms with van der Waals surface area (Å²) in [4.78, 5) is 10.6. The molecule has 21 heavy (non-hydrogen) atoms. The lowest BCUT2D eigenvalue weighted by atomic mass is 9.99. The van der Waals surface area contributed by atoms with E-state index in [4.69, 9.17) is 10.5 Å². The highest BCUT2D eigenvalue weighted by molar-refractivity contribution is 5.40. The van der Waals surface area contributed by atoms with Gasteiger partial charge in [0, 0.05) is 17.7 Å². The van der Waals surface area contributed by atoms with Gasteiger partial charge in [0.1, 0.15) is 5.75 Å². The van der Waals surface area contributed by atoms with Crippen LogP contribution in [-0.4, -0.2) is 18.1 Å². The Morgan fingerprint density at radius 1 is 1.14 bits per heavy atom. The predicted molar refractivity (Wildman–Crippen MR) is 81.5 cm³/mol. The third kappa shape index (κ3) is 4.03. The van der Waals surface area contributed by atoms with Crippen molar-refractivity contribution in [2.45, 2.75) is 18.9 Å². The maximum atomic E-state index is 11.0. The van der Waals surface area contributed by atoms with Gasteiger partial charge in [0.2, 0.25) is 0 Å². The number of hydrogen-bond acceptors (Lipinski definition) is 4. The van der Waals surface area contributed by atoms with E-state index in [1.165, 1.54) is 6.07 Å². The third-order valence-electron chi connectivity index (χ3n) is 3.33. The minimum Gasteiger partial charge on any atom is -0.497 e. The van der Waals surface area contributed by atoms with Gasteiger partial charge in [-0.2, -0.15) is 0 Å². The molecular formula is C16H18N2O3. The molecule has 0 heterocycles. The van der Waals surface area contributed by atoms with Gasteiger partial charge in [0.15, 0.2) is 0 Å². The molecule has 0 radical (unpaired) electrons. The van der Waals surface area contributed by atoms with Crippen LogP contribution in [0.3, 0.4) is 0 Å². The molecule has 0 saturated heterocycles. The fourth-order valence-corrected chi connectivity index (χ4v) is 2.28. The molecule has 0 bridgehead atoms. The first-order valence-electron chi connectivity index (χ1n) is 6.71. The molecule has 0 aliphatic carbocycles. The Morgan fingerprint density at radius 3 is 2.43 bits per heavy atom. The number of nitrogens with two attached hydrogens (primary N) is 1. The lowest BCUT2D eigenvalue weighted by Gasteiger charge is -2.12. The van der Waals surface area contributed by atoms with Gasteiger partial charge in [-0.05, 0) is 30.5 Å². The highest BCUT2D eigenvalue weighted by Crippen LogP contribution is 2.20. The first kappa shape index (κ1) is 15.0. The monoisotopic (exact) mass is 286 g/mol. The van der Waals surface area contributed by atoms with Crippen LogP contribution >= 0.6 is 0 Å². The maximum Gasteiger partial charge on any atom is 0.272 e. The Balaban J connectivity index is 2.04. The predicted octanol–water partition coefficient (Wildman–Crippen LogP) is 2.72. The summed E-state index contributed by atoms with van der Waals surface area (Å²) in [5.41, 5.74) is 8.01. The first-order chi connectivity index (χ1) is 10.1. The molecule has 2 aromatic rings. The number of nitro benzene ring substituents is 1. The van der Waals surface area contributed by atoms with E-state index in [0.29, 0.717) is 18.4 Å². The van der Waals surface area contributed by atoms with Crippen molar-refractivity contribution < 1.29 is 9.66 Å². The molecule has 1 unspecified atom stereocenters. The van der Waals surface area contributed by atoms with E-state index in [1.54, 1.807) is 25.3 Å². The molecular weight excluding hydrogens is 268 g/mol. The standard InChI is InChI=1S/C16H18N2O3/c1-21-15-8-6-12(7-9-15)10-14(17)11-13-4-2-3-5-16(13)18(19)20/h2-9,14H,10-11,17H2,1H3. The van der Waals surface area contributed by atoms with Crippen LogP contribution in [-0.2, 0) is 12.8 Å². The number of nitrogens with zero attached hydrogens (tertiary/aromatic N) is 1. The summed E-state index contributed by atoms with van der Waals surface area (Å²) in [5, 5.41) is 11.0. The molecule has 2 N–H and O–H groups in total. The SMILES string of the molecule is COc1ccc(CC(N)Cc2ccccc2[N+](=O)[O-])cc1. The van der Waals surface area contributed by atoms with Gasteiger partial charge in [-0.25, -0.2) is 0 Å². The van der Waals surface area contributed by atoms with E-state index < -0.39 is 0 Å². The van der Waals surface area contributed by atoms with Crippen molar-refractivity contribution >= 4 is 5.69 Å². The molecule has 5 heteroatoms. The van der Waals surface area contributed by atoms with Crippen LogP contribution in [0.4, 0.5) is 5.69 Å². The van der Waals surface area contributed by atoms with Crippen molar-refractivity contribution in [3.05, 3.63) is 69.8 Å². The second kappa shape index (κ2) is 6.85. The average molecular weight is 286 g/mol. The van der Waals surface area contributed by atoms with Crippen LogP contribution in [0.2, 0.25) is 0 Å². The summed E-state index contributed by atoms with van der Waals surface area (Å²) in [6.45, 7) is 0. The van der Waals surface area contributed by atoms with E-state index in [2.05, 4.69) is 0 Å². The summed E-state index contributed by atoms with van der Waals surface area (Å²) >= 11 is 0. The summed E-state index contributed by atoms with van der Waals surface area (Å²) < 4.78 is 5.11. The van der Waals surface area contributed by atoms with Gasteiger partial charge in [-0.3, -0.25) is 10.1 Å². The number of methoxy groups -OCH3 is 1. The fourth-order valence-electron chi connectivity index (χ4n) is 2.28. The smallest absolute Gasteiger partial charge is 0.272 e. The lowest BCUT2D eigenvalue weighted by Crippen LogP contribution is -2.25. The van der Waals surface area contributed by atoms with Gasteiger partial charge < -0.3 is 10.5 Å². The molecule has 2 aromatic carbocycles. The maximum absolute atomic E-state index is 11.0. The Labute approximate surface area is 123 Å². The van der Waals surface area contributed by atoms with E-state index in [9.17, 15) is 10.1 Å². The summed E-state index contributed by atoms with van der Waals surface area (Å²) in [5.74, 6) is 0.797. The summed E-state index contributed by atoms with van der Waals surface area (Å²) in [7, 11) is 1.62. The van der Waals surface area contributed by atoms with Gasteiger partial charge in [0.25, 0.3) is 5.69 Å². The van der Waals surface area contributed by atoms with E-state index in [0.717, 1.165) is 11.3 Å². The van der Waals surface area contributed by atoms with Crippen molar-refractivity contribution in [2.75, 3.05) is 7.11 Å². The number of benzene rings is 2. The van der Waals surface area contributed by atoms with Gasteiger partial charge in [-0.1, -0.05) is 30.3 Å². The Kier molecular flexibility index (Phi) is 4.90. The quantitative estimate of drug-likeness (QED) is 0.654. The second-order valence-corrected chi connectivity index (χ2v) is 4.90. The van der Waals surface area contributed by atoms with Crippen LogP contribution in [0.5, 0.6) is 5.75 Å². The Morgan fingerprint density at radius 2 is 1.81 bits per heavy atom. The number of ether oxygens (including phenoxy) is 1. The zero-order valence-corrected chi connectivity index (χ0v) is 11.9. The number of para-hydroxylation sites is 1. The lowest BCUT2D eigenvalue weighted by molar-refractivity contribution is -0.385. The normalized spacial score (nSPS) is 11.9. The minimum absolute atomic E-state index is 0.127. The molecule has 0 spiro atoms. The number of rotatable bonds is 6. The van der Waals surface area contributed by atoms with Crippen LogP contribution in [0, 0.1) is 10.1 Å². The summed E-state index contributed by atoms with van der Waals surface area (Å²) in [6, 6.07) is 14.2. The molecule has 0 aliphatic rings. The van der Waals surface area contributed by atoms with Gasteiger partial charge in [0.05, 0.1) is 12.0 Å². The molecule has 0 saturated carbocycles. The zero-order chi connectivity index (χ0) is 15.2. The molecule has 0 amide bonds. The van der Waals surface area contributed by atoms with E-state index in [-0.39, 0.29) is 16.7 Å². The fraction of sp³-hybridized carbons (Fsp3) is 0.250. The topological polar surface area (TPSA) is 78.4 Å². The molecule has 0 fully saturated rings. The van der Waals surface area contributed by atoms with Crippen molar-refractivity contribution in [1.82, 2.24) is 0 Å². The van der Waals surface area contributed by atoms with Crippen LogP contribution in [0.15, 0.2) is 48.5 Å². The van der Waals surface area contributed by atoms with E-state index in [1.807, 2.05) is 24.3 Å². The van der Waals surface area contributed by atoms with Gasteiger partial charge in [-0.15, -0.1) is 0 Å². The zero-order valence-electron chi connectivity index (χ0n) is 11.9. The molecule has 1 atom stereocenters. The largest absolute Gasteiger partial charge is 0.497 e. The molecule has 2 rings (SSSR count). The van der Waals surface area contributed by atoms with Crippen molar-refractivity contribution in [3.63, 3.8) is 0 Å². The van der Waals surface area contributed by atoms with E-state index >= 15 is 0 Å². The highest BCUT2D eigenvalue weighted by atomic mass is 16.6. The first-order valence-corrected chi connectivity index (χ1v) is 6.71. The second-order valence-electron chi connectivity index (χ2n) is 4.90. The molecule has 0 aromatic heterocycles. The van der Waals surface area contributed by atoms with Crippen LogP contribution < -0.4 is 10.5 Å². The molecule has 5 nitrogen and oxygen atoms in total. The molecule has 0 aliphatic heterocycles. The Bertz CT molecular complexity index is 611. The average Bonchev–Trinajstić information content (AvgIpc) is 2.48. The number of nitro groups is 1. The Hall–Kier alpha value is -2.40. The third-order valence-corrected chi connectivity index (χ3v) is 3.33. The van der Waals surface area contributed by atoms with Crippen LogP contribution in [0.1, 0.15) is 11.1 Å². The summed E-state index contributed by atoms with van der Waals surface area (Å²) in [6.07, 6.45) is 1.14.